The molecular formula is C20H22N2O5. The Balaban J connectivity index is 2.34. The minimum Gasteiger partial charge on any atom is -0.465 e. The third-order valence-corrected chi connectivity index (χ3v) is 3.53. The fourth-order valence-corrected chi connectivity index (χ4v) is 2.34. The van der Waals surface area contributed by atoms with Crippen molar-refractivity contribution < 1.29 is 23.9 Å². The van der Waals surface area contributed by atoms with Crippen LogP contribution in [0.5, 0.6) is 0 Å². The molecule has 7 heteroatoms. The first-order valence-corrected chi connectivity index (χ1v) is 8.24. The van der Waals surface area contributed by atoms with E-state index in [4.69, 9.17) is 15.2 Å². The van der Waals surface area contributed by atoms with E-state index in [0.717, 1.165) is 0 Å². The van der Waals surface area contributed by atoms with Crippen LogP contribution in [0.4, 0.5) is 16.2 Å². The number of ether oxygens (including phenoxy) is 2. The van der Waals surface area contributed by atoms with Gasteiger partial charge in [-0.25, -0.2) is 9.59 Å². The summed E-state index contributed by atoms with van der Waals surface area (Å²) in [5.74, 6) is -1.01. The van der Waals surface area contributed by atoms with Gasteiger partial charge < -0.3 is 15.2 Å². The van der Waals surface area contributed by atoms with Crippen molar-refractivity contribution in [3.05, 3.63) is 59.2 Å². The van der Waals surface area contributed by atoms with E-state index in [0.29, 0.717) is 0 Å². The van der Waals surface area contributed by atoms with E-state index < -0.39 is 23.4 Å². The number of esters is 1. The Labute approximate surface area is 157 Å². The maximum absolute atomic E-state index is 12.9. The Morgan fingerprint density at radius 1 is 1.00 bits per heavy atom. The first-order chi connectivity index (χ1) is 12.6. The predicted molar refractivity (Wildman–Crippen MR) is 102 cm³/mol. The first kappa shape index (κ1) is 20.0. The highest BCUT2D eigenvalue weighted by atomic mass is 16.6. The van der Waals surface area contributed by atoms with Crippen LogP contribution in [-0.2, 0) is 9.47 Å². The molecule has 0 atom stereocenters. The van der Waals surface area contributed by atoms with E-state index in [9.17, 15) is 14.4 Å². The smallest absolute Gasteiger partial charge is 0.412 e. The van der Waals surface area contributed by atoms with Crippen LogP contribution in [0.3, 0.4) is 0 Å². The Bertz CT molecular complexity index is 884. The van der Waals surface area contributed by atoms with Crippen LogP contribution < -0.4 is 11.1 Å². The number of benzene rings is 2. The summed E-state index contributed by atoms with van der Waals surface area (Å²) >= 11 is 0. The standard InChI is InChI=1S/C20H22N2O5/c1-20(2,3)27-19(25)22-16-11-12(9-10-15(16)21)17(23)13-7-5-6-8-14(13)18(24)26-4/h5-11H,21H2,1-4H3,(H,22,25). The van der Waals surface area contributed by atoms with Gasteiger partial charge in [0.05, 0.1) is 24.0 Å². The molecule has 0 spiro atoms. The molecule has 2 rings (SSSR count). The number of carbonyl (C=O) groups excluding carboxylic acids is 3. The molecular weight excluding hydrogens is 348 g/mol. The highest BCUT2D eigenvalue weighted by Gasteiger charge is 2.21. The van der Waals surface area contributed by atoms with Gasteiger partial charge in [0.2, 0.25) is 0 Å². The lowest BCUT2D eigenvalue weighted by molar-refractivity contribution is 0.0595. The minimum absolute atomic E-state index is 0.156. The molecule has 1 amide bonds. The summed E-state index contributed by atoms with van der Waals surface area (Å²) in [6.07, 6.45) is -0.686. The predicted octanol–water partition coefficient (Wildman–Crippen LogP) is 3.63. The highest BCUT2D eigenvalue weighted by Crippen LogP contribution is 2.24. The van der Waals surface area contributed by atoms with Crippen LogP contribution in [0.15, 0.2) is 42.5 Å². The molecule has 0 fully saturated rings. The molecule has 0 saturated heterocycles. The van der Waals surface area contributed by atoms with E-state index >= 15 is 0 Å². The topological polar surface area (TPSA) is 108 Å². The van der Waals surface area contributed by atoms with Crippen molar-refractivity contribution in [2.24, 2.45) is 0 Å². The summed E-state index contributed by atoms with van der Waals surface area (Å²) in [6, 6.07) is 10.8. The van der Waals surface area contributed by atoms with Crippen molar-refractivity contribution in [3.8, 4) is 0 Å². The molecule has 142 valence electrons. The normalized spacial score (nSPS) is 10.8. The van der Waals surface area contributed by atoms with Crippen LogP contribution in [0.2, 0.25) is 0 Å². The summed E-state index contributed by atoms with van der Waals surface area (Å²) in [5, 5.41) is 2.53. The summed E-state index contributed by atoms with van der Waals surface area (Å²) in [5.41, 5.74) is 6.33. The number of carbonyl (C=O) groups is 3. The van der Waals surface area contributed by atoms with Gasteiger partial charge >= 0.3 is 12.1 Å². The zero-order valence-corrected chi connectivity index (χ0v) is 15.7. The van der Waals surface area contributed by atoms with Crippen molar-refractivity contribution in [1.29, 1.82) is 0 Å². The fourth-order valence-electron chi connectivity index (χ4n) is 2.34. The van der Waals surface area contributed by atoms with Crippen LogP contribution in [0.25, 0.3) is 0 Å². The molecule has 0 aromatic heterocycles. The lowest BCUT2D eigenvalue weighted by atomic mass is 9.97. The number of hydrogen-bond donors (Lipinski definition) is 2. The largest absolute Gasteiger partial charge is 0.465 e. The van der Waals surface area contributed by atoms with Gasteiger partial charge in [-0.2, -0.15) is 0 Å². The number of nitrogens with two attached hydrogens (primary N) is 1. The third-order valence-electron chi connectivity index (χ3n) is 3.53. The van der Waals surface area contributed by atoms with Crippen LogP contribution in [-0.4, -0.2) is 30.6 Å². The van der Waals surface area contributed by atoms with Gasteiger partial charge in [0.15, 0.2) is 5.78 Å². The number of ketones is 1. The Hall–Kier alpha value is -3.35. The van der Waals surface area contributed by atoms with Crippen molar-refractivity contribution in [1.82, 2.24) is 0 Å². The van der Waals surface area contributed by atoms with Gasteiger partial charge in [0, 0.05) is 11.1 Å². The Morgan fingerprint density at radius 2 is 1.63 bits per heavy atom. The Morgan fingerprint density at radius 3 is 2.22 bits per heavy atom. The third kappa shape index (κ3) is 5.07. The number of nitrogen functional groups attached to an aromatic ring is 1. The average Bonchev–Trinajstić information content (AvgIpc) is 2.60. The summed E-state index contributed by atoms with van der Waals surface area (Å²) in [7, 11) is 1.25. The van der Waals surface area contributed by atoms with Crippen LogP contribution in [0, 0.1) is 0 Å². The van der Waals surface area contributed by atoms with Gasteiger partial charge in [0.25, 0.3) is 0 Å². The van der Waals surface area contributed by atoms with Gasteiger partial charge in [-0.05, 0) is 45.0 Å². The van der Waals surface area contributed by atoms with Crippen molar-refractivity contribution in [2.75, 3.05) is 18.2 Å². The van der Waals surface area contributed by atoms with Crippen LogP contribution >= 0.6 is 0 Å². The number of rotatable bonds is 4. The number of nitrogens with one attached hydrogen (secondary N) is 1. The number of amides is 1. The van der Waals surface area contributed by atoms with E-state index in [1.807, 2.05) is 0 Å². The molecule has 2 aromatic rings. The van der Waals surface area contributed by atoms with Gasteiger partial charge in [-0.1, -0.05) is 18.2 Å². The molecule has 7 nitrogen and oxygen atoms in total. The fraction of sp³-hybridized carbons (Fsp3) is 0.250. The molecule has 0 heterocycles. The minimum atomic E-state index is -0.686. The van der Waals surface area contributed by atoms with Crippen molar-refractivity contribution in [2.45, 2.75) is 26.4 Å². The second-order valence-electron chi connectivity index (χ2n) is 6.80. The monoisotopic (exact) mass is 370 g/mol. The van der Waals surface area contributed by atoms with E-state index in [1.165, 1.54) is 37.4 Å². The van der Waals surface area contributed by atoms with Gasteiger partial charge in [-0.3, -0.25) is 10.1 Å². The molecule has 0 radical (unpaired) electrons. The number of methoxy groups -OCH3 is 1. The zero-order valence-electron chi connectivity index (χ0n) is 15.7. The average molecular weight is 370 g/mol. The molecule has 0 bridgehead atoms. The molecule has 0 aliphatic carbocycles. The van der Waals surface area contributed by atoms with Crippen LogP contribution in [0.1, 0.15) is 47.1 Å². The Kier molecular flexibility index (Phi) is 5.85. The molecule has 0 saturated carbocycles. The molecule has 3 N–H and O–H groups in total. The second-order valence-corrected chi connectivity index (χ2v) is 6.80. The van der Waals surface area contributed by atoms with Crippen molar-refractivity contribution in [3.63, 3.8) is 0 Å². The number of hydrogen-bond acceptors (Lipinski definition) is 6. The first-order valence-electron chi connectivity index (χ1n) is 8.24. The molecule has 27 heavy (non-hydrogen) atoms. The van der Waals surface area contributed by atoms with E-state index in [-0.39, 0.29) is 28.1 Å². The summed E-state index contributed by atoms with van der Waals surface area (Å²) in [6.45, 7) is 5.21. The SMILES string of the molecule is COC(=O)c1ccccc1C(=O)c1ccc(N)c(NC(=O)OC(C)(C)C)c1. The molecule has 2 aromatic carbocycles. The lowest BCUT2D eigenvalue weighted by Gasteiger charge is -2.20. The maximum Gasteiger partial charge on any atom is 0.412 e. The highest BCUT2D eigenvalue weighted by molar-refractivity contribution is 6.15. The van der Waals surface area contributed by atoms with Crippen molar-refractivity contribution >= 4 is 29.2 Å². The molecule has 0 unspecified atom stereocenters. The van der Waals surface area contributed by atoms with E-state index in [1.54, 1.807) is 32.9 Å². The number of anilines is 2. The zero-order chi connectivity index (χ0) is 20.2. The lowest BCUT2D eigenvalue weighted by Crippen LogP contribution is -2.27. The summed E-state index contributed by atoms with van der Waals surface area (Å²) < 4.78 is 9.92. The summed E-state index contributed by atoms with van der Waals surface area (Å²) in [4.78, 5) is 36.8. The molecule has 0 aliphatic rings. The molecule has 0 aliphatic heterocycles. The van der Waals surface area contributed by atoms with Gasteiger partial charge in [0.1, 0.15) is 5.60 Å². The second kappa shape index (κ2) is 7.90. The quantitative estimate of drug-likeness (QED) is 0.483. The van der Waals surface area contributed by atoms with Gasteiger partial charge in [-0.15, -0.1) is 0 Å². The maximum atomic E-state index is 12.9. The van der Waals surface area contributed by atoms with E-state index in [2.05, 4.69) is 5.32 Å².